The molecule has 0 aromatic carbocycles. The molecule has 0 bridgehead atoms. The Morgan fingerprint density at radius 3 is 2.75 bits per heavy atom. The maximum Gasteiger partial charge on any atom is 0.240 e. The summed E-state index contributed by atoms with van der Waals surface area (Å²) in [5.74, 6) is 5.38. The second kappa shape index (κ2) is 3.40. The fraction of sp³-hybridized carbons (Fsp3) is 0.333. The summed E-state index contributed by atoms with van der Waals surface area (Å²) < 4.78 is 9.33. The summed E-state index contributed by atoms with van der Waals surface area (Å²) in [6.07, 6.45) is 1.42. The lowest BCUT2D eigenvalue weighted by atomic mass is 10.9. The molecule has 0 aromatic rings. The van der Waals surface area contributed by atoms with Gasteiger partial charge in [-0.1, -0.05) is 0 Å². The zero-order valence-corrected chi connectivity index (χ0v) is 4.90. The molecule has 0 radical (unpaired) electrons. The van der Waals surface area contributed by atoms with Gasteiger partial charge in [0.15, 0.2) is 0 Å². The molecule has 48 valence electrons. The van der Waals surface area contributed by atoms with Crippen molar-refractivity contribution in [2.45, 2.75) is 0 Å². The van der Waals surface area contributed by atoms with E-state index >= 15 is 0 Å². The van der Waals surface area contributed by atoms with Gasteiger partial charge in [0.1, 0.15) is 6.26 Å². The number of hydrogen-bond acceptors (Lipinski definition) is 4. The molecule has 0 spiro atoms. The van der Waals surface area contributed by atoms with Crippen molar-refractivity contribution in [3.05, 3.63) is 12.1 Å². The lowest BCUT2D eigenvalue weighted by molar-refractivity contribution is 0.0745. The van der Waals surface area contributed by atoms with E-state index in [1.54, 1.807) is 0 Å². The van der Waals surface area contributed by atoms with Crippen LogP contribution in [0.4, 0.5) is 0 Å². The van der Waals surface area contributed by atoms with E-state index in [2.05, 4.69) is 10.2 Å². The van der Waals surface area contributed by atoms with Gasteiger partial charge < -0.3 is 9.47 Å². The first-order valence-corrected chi connectivity index (χ1v) is 1.84. The summed E-state index contributed by atoms with van der Waals surface area (Å²) >= 11 is 0. The van der Waals surface area contributed by atoms with Crippen LogP contribution in [0.2, 0.25) is 0 Å². The maximum absolute atomic E-state index is 4.91. The van der Waals surface area contributed by atoms with Gasteiger partial charge in [-0.05, 0) is 0 Å². The predicted molar refractivity (Wildman–Crippen MR) is 29.7 cm³/mol. The summed E-state index contributed by atoms with van der Waals surface area (Å²) in [4.78, 5) is 0. The molecule has 1 rings (SSSR count). The summed E-state index contributed by atoms with van der Waals surface area (Å²) in [5.41, 5.74) is 2.28. The number of halogens is 1. The van der Waals surface area contributed by atoms with E-state index in [1.807, 2.05) is 0 Å². The van der Waals surface area contributed by atoms with E-state index in [0.717, 1.165) is 0 Å². The molecular formula is C3H7ClN2O2. The Morgan fingerprint density at radius 1 is 1.75 bits per heavy atom. The van der Waals surface area contributed by atoms with Crippen LogP contribution < -0.4 is 11.3 Å². The van der Waals surface area contributed by atoms with Crippen molar-refractivity contribution >= 4 is 12.4 Å². The van der Waals surface area contributed by atoms with Gasteiger partial charge in [-0.2, -0.15) is 0 Å². The molecule has 1 aliphatic heterocycles. The van der Waals surface area contributed by atoms with E-state index in [0.29, 0.717) is 5.88 Å². The Hall–Kier alpha value is -0.610. The van der Waals surface area contributed by atoms with Crippen molar-refractivity contribution in [2.24, 2.45) is 5.84 Å². The van der Waals surface area contributed by atoms with E-state index in [-0.39, 0.29) is 19.2 Å². The van der Waals surface area contributed by atoms with Gasteiger partial charge in [0.05, 0.1) is 0 Å². The first-order valence-electron chi connectivity index (χ1n) is 1.84. The quantitative estimate of drug-likeness (QED) is 0.385. The third-order valence-corrected chi connectivity index (χ3v) is 0.615. The van der Waals surface area contributed by atoms with Crippen LogP contribution in [0.5, 0.6) is 0 Å². The Bertz CT molecular complexity index is 95.3. The highest BCUT2D eigenvalue weighted by Crippen LogP contribution is 1.98. The molecule has 0 fully saturated rings. The molecule has 1 heterocycles. The van der Waals surface area contributed by atoms with Crippen LogP contribution in [0, 0.1) is 0 Å². The smallest absolute Gasteiger partial charge is 0.240 e. The highest BCUT2D eigenvalue weighted by molar-refractivity contribution is 5.85. The summed E-state index contributed by atoms with van der Waals surface area (Å²) in [7, 11) is 0. The van der Waals surface area contributed by atoms with Crippen molar-refractivity contribution in [2.75, 3.05) is 6.79 Å². The predicted octanol–water partition coefficient (Wildman–Crippen LogP) is -0.325. The van der Waals surface area contributed by atoms with Gasteiger partial charge in [0.25, 0.3) is 0 Å². The molecule has 5 heteroatoms. The lowest BCUT2D eigenvalue weighted by Gasteiger charge is -1.94. The maximum atomic E-state index is 4.91. The molecule has 3 N–H and O–H groups in total. The monoisotopic (exact) mass is 138 g/mol. The Balaban J connectivity index is 0.000000490. The fourth-order valence-corrected chi connectivity index (χ4v) is 0.317. The zero-order valence-electron chi connectivity index (χ0n) is 4.09. The molecule has 0 saturated carbocycles. The van der Waals surface area contributed by atoms with Crippen LogP contribution in [0.15, 0.2) is 12.1 Å². The van der Waals surface area contributed by atoms with Gasteiger partial charge in [-0.25, -0.2) is 5.84 Å². The molecule has 8 heavy (non-hydrogen) atoms. The molecule has 0 amide bonds. The Kier molecular flexibility index (Phi) is 3.14. The third kappa shape index (κ3) is 1.48. The van der Waals surface area contributed by atoms with Crippen LogP contribution in [-0.2, 0) is 9.47 Å². The van der Waals surface area contributed by atoms with Crippen molar-refractivity contribution in [3.8, 4) is 0 Å². The van der Waals surface area contributed by atoms with Gasteiger partial charge in [0, 0.05) is 0 Å². The molecule has 0 unspecified atom stereocenters. The molecule has 0 aromatic heterocycles. The number of nitrogens with two attached hydrogens (primary N) is 1. The lowest BCUT2D eigenvalue weighted by Crippen LogP contribution is -2.20. The van der Waals surface area contributed by atoms with E-state index in [4.69, 9.17) is 10.6 Å². The number of nitrogens with one attached hydrogen (secondary N) is 1. The van der Waals surface area contributed by atoms with Gasteiger partial charge >= 0.3 is 0 Å². The minimum absolute atomic E-state index is 0. The molecule has 0 atom stereocenters. The standard InChI is InChI=1S/C3H6N2O2.ClH/c4-5-3-1-6-2-7-3;/h1,5H,2,4H2;1H. The molecular weight excluding hydrogens is 131 g/mol. The van der Waals surface area contributed by atoms with Gasteiger partial charge in [0.2, 0.25) is 12.7 Å². The molecule has 4 nitrogen and oxygen atoms in total. The largest absolute Gasteiger partial charge is 0.459 e. The number of hydrazine groups is 1. The van der Waals surface area contributed by atoms with Crippen molar-refractivity contribution in [1.29, 1.82) is 0 Å². The van der Waals surface area contributed by atoms with Crippen LogP contribution in [0.3, 0.4) is 0 Å². The van der Waals surface area contributed by atoms with E-state index in [1.165, 1.54) is 6.26 Å². The van der Waals surface area contributed by atoms with Crippen LogP contribution >= 0.6 is 12.4 Å². The van der Waals surface area contributed by atoms with Crippen LogP contribution in [0.25, 0.3) is 0 Å². The van der Waals surface area contributed by atoms with Crippen molar-refractivity contribution in [3.63, 3.8) is 0 Å². The minimum atomic E-state index is 0. The molecule has 1 aliphatic rings. The second-order valence-corrected chi connectivity index (χ2v) is 1.06. The normalized spacial score (nSPS) is 14.9. The van der Waals surface area contributed by atoms with Crippen molar-refractivity contribution in [1.82, 2.24) is 5.43 Å². The zero-order chi connectivity index (χ0) is 5.11. The highest BCUT2D eigenvalue weighted by atomic mass is 35.5. The topological polar surface area (TPSA) is 56.5 Å². The average Bonchev–Trinajstić information content (AvgIpc) is 2.14. The fourth-order valence-electron chi connectivity index (χ4n) is 0.317. The van der Waals surface area contributed by atoms with Crippen molar-refractivity contribution < 1.29 is 9.47 Å². The number of rotatable bonds is 1. The summed E-state index contributed by atoms with van der Waals surface area (Å²) in [6, 6.07) is 0. The highest BCUT2D eigenvalue weighted by Gasteiger charge is 2.00. The number of ether oxygens (including phenoxy) is 2. The molecule has 0 saturated heterocycles. The third-order valence-electron chi connectivity index (χ3n) is 0.615. The first kappa shape index (κ1) is 7.39. The van der Waals surface area contributed by atoms with Gasteiger partial charge in [-0.15, -0.1) is 12.4 Å². The Morgan fingerprint density at radius 2 is 2.50 bits per heavy atom. The summed E-state index contributed by atoms with van der Waals surface area (Å²) in [5, 5.41) is 0. The first-order chi connectivity index (χ1) is 3.43. The van der Waals surface area contributed by atoms with E-state index in [9.17, 15) is 0 Å². The minimum Gasteiger partial charge on any atom is -0.459 e. The van der Waals surface area contributed by atoms with Crippen LogP contribution in [-0.4, -0.2) is 6.79 Å². The number of hydrogen-bond donors (Lipinski definition) is 2. The Labute approximate surface area is 53.0 Å². The summed E-state index contributed by atoms with van der Waals surface area (Å²) in [6.45, 7) is 0.263. The van der Waals surface area contributed by atoms with E-state index < -0.39 is 0 Å². The molecule has 0 aliphatic carbocycles. The van der Waals surface area contributed by atoms with Crippen LogP contribution in [0.1, 0.15) is 0 Å². The average molecular weight is 139 g/mol. The SMILES string of the molecule is Cl.NNC1=COCO1. The second-order valence-electron chi connectivity index (χ2n) is 1.06. The van der Waals surface area contributed by atoms with Gasteiger partial charge in [-0.3, -0.25) is 5.43 Å².